The minimum atomic E-state index is -0.515. The van der Waals surface area contributed by atoms with E-state index < -0.39 is 5.41 Å². The molecule has 0 aromatic heterocycles. The van der Waals surface area contributed by atoms with Gasteiger partial charge in [0.05, 0.1) is 26.0 Å². The maximum Gasteiger partial charge on any atom is 0.248 e. The second-order valence-corrected chi connectivity index (χ2v) is 7.35. The first-order valence-electron chi connectivity index (χ1n) is 9.45. The highest BCUT2D eigenvalue weighted by Gasteiger charge is 2.35. The van der Waals surface area contributed by atoms with Crippen LogP contribution in [0.4, 0.5) is 5.69 Å². The van der Waals surface area contributed by atoms with E-state index >= 15 is 0 Å². The van der Waals surface area contributed by atoms with Crippen LogP contribution in [0.2, 0.25) is 0 Å². The minimum absolute atomic E-state index is 0.0205. The highest BCUT2D eigenvalue weighted by Crippen LogP contribution is 2.37. The normalized spacial score (nSPS) is 24.4. The van der Waals surface area contributed by atoms with Gasteiger partial charge in [0.1, 0.15) is 6.10 Å². The van der Waals surface area contributed by atoms with Crippen molar-refractivity contribution in [3.8, 4) is 11.5 Å². The van der Waals surface area contributed by atoms with Crippen LogP contribution in [0.3, 0.4) is 0 Å². The van der Waals surface area contributed by atoms with Crippen LogP contribution in [0.15, 0.2) is 53.6 Å². The van der Waals surface area contributed by atoms with Crippen LogP contribution in [-0.2, 0) is 14.9 Å². The molecule has 28 heavy (non-hydrogen) atoms. The van der Waals surface area contributed by atoms with Crippen molar-refractivity contribution in [1.82, 2.24) is 0 Å². The summed E-state index contributed by atoms with van der Waals surface area (Å²) in [6.07, 6.45) is 3.04. The van der Waals surface area contributed by atoms with Gasteiger partial charge in [0.15, 0.2) is 11.5 Å². The summed E-state index contributed by atoms with van der Waals surface area (Å²) in [5.41, 5.74) is 1.22. The van der Waals surface area contributed by atoms with Crippen molar-refractivity contribution in [2.45, 2.75) is 31.3 Å². The van der Waals surface area contributed by atoms with E-state index in [1.54, 1.807) is 7.11 Å². The van der Waals surface area contributed by atoms with E-state index in [0.29, 0.717) is 31.1 Å². The van der Waals surface area contributed by atoms with Crippen LogP contribution in [0.25, 0.3) is 0 Å². The predicted molar refractivity (Wildman–Crippen MR) is 107 cm³/mol. The highest BCUT2D eigenvalue weighted by molar-refractivity contribution is 6.00. The van der Waals surface area contributed by atoms with E-state index in [9.17, 15) is 4.79 Å². The molecule has 0 bridgehead atoms. The lowest BCUT2D eigenvalue weighted by atomic mass is 9.79. The van der Waals surface area contributed by atoms with Crippen molar-refractivity contribution in [3.63, 3.8) is 0 Å². The quantitative estimate of drug-likeness (QED) is 0.796. The number of benzene rings is 2. The van der Waals surface area contributed by atoms with E-state index in [1.165, 1.54) is 5.01 Å². The Morgan fingerprint density at radius 1 is 1.18 bits per heavy atom. The summed E-state index contributed by atoms with van der Waals surface area (Å²) in [6.45, 7) is 3.30. The summed E-state index contributed by atoms with van der Waals surface area (Å²) >= 11 is 0. The number of nitrogens with zero attached hydrogens (tertiary/aromatic N) is 2. The molecule has 2 aliphatic rings. The number of anilines is 1. The molecule has 1 amide bonds. The van der Waals surface area contributed by atoms with Gasteiger partial charge in [0, 0.05) is 24.5 Å². The van der Waals surface area contributed by atoms with Crippen molar-refractivity contribution >= 4 is 17.8 Å². The van der Waals surface area contributed by atoms with Crippen LogP contribution in [0.5, 0.6) is 11.5 Å². The number of para-hydroxylation sites is 1. The van der Waals surface area contributed by atoms with Gasteiger partial charge in [-0.25, -0.2) is 5.01 Å². The summed E-state index contributed by atoms with van der Waals surface area (Å²) in [4.78, 5) is 12.8. The molecule has 2 aromatic rings. The number of hydrogen-bond acceptors (Lipinski definition) is 5. The van der Waals surface area contributed by atoms with Gasteiger partial charge >= 0.3 is 0 Å². The van der Waals surface area contributed by atoms with E-state index in [0.717, 1.165) is 17.7 Å². The van der Waals surface area contributed by atoms with E-state index in [1.807, 2.05) is 61.7 Å². The first kappa shape index (κ1) is 18.5. The van der Waals surface area contributed by atoms with E-state index in [-0.39, 0.29) is 12.0 Å². The largest absolute Gasteiger partial charge is 0.493 e. The third-order valence-electron chi connectivity index (χ3n) is 5.22. The topological polar surface area (TPSA) is 60.4 Å². The maximum atomic E-state index is 12.8. The molecule has 2 aromatic carbocycles. The minimum Gasteiger partial charge on any atom is -0.493 e. The average molecular weight is 380 g/mol. The molecule has 0 aliphatic carbocycles. The molecule has 0 N–H and O–H groups in total. The Bertz CT molecular complexity index is 877. The van der Waals surface area contributed by atoms with Crippen LogP contribution >= 0.6 is 0 Å². The number of carbonyl (C=O) groups is 1. The molecule has 4 rings (SSSR count). The SMILES string of the molecule is COc1ccc(C2(C)C=NN(c3ccccc3)C(=O)C2)cc1OC1CCOC1. The van der Waals surface area contributed by atoms with Crippen molar-refractivity contribution in [3.05, 3.63) is 54.1 Å². The molecular weight excluding hydrogens is 356 g/mol. The Morgan fingerprint density at radius 2 is 2.00 bits per heavy atom. The van der Waals surface area contributed by atoms with Crippen LogP contribution < -0.4 is 14.5 Å². The molecule has 2 heterocycles. The number of hydrazone groups is 1. The van der Waals surface area contributed by atoms with Gasteiger partial charge in [0.25, 0.3) is 0 Å². The Kier molecular flexibility index (Phi) is 5.05. The van der Waals surface area contributed by atoms with Gasteiger partial charge in [0.2, 0.25) is 5.91 Å². The Balaban J connectivity index is 1.62. The van der Waals surface area contributed by atoms with E-state index in [2.05, 4.69) is 5.10 Å². The zero-order valence-electron chi connectivity index (χ0n) is 16.1. The van der Waals surface area contributed by atoms with Gasteiger partial charge in [-0.1, -0.05) is 24.3 Å². The Labute approximate surface area is 164 Å². The molecular formula is C22H24N2O4. The van der Waals surface area contributed by atoms with Gasteiger partial charge in [-0.2, -0.15) is 5.10 Å². The third-order valence-corrected chi connectivity index (χ3v) is 5.22. The summed E-state index contributed by atoms with van der Waals surface area (Å²) < 4.78 is 17.0. The lowest BCUT2D eigenvalue weighted by Crippen LogP contribution is -2.40. The van der Waals surface area contributed by atoms with Gasteiger partial charge in [-0.3, -0.25) is 4.79 Å². The van der Waals surface area contributed by atoms with Crippen molar-refractivity contribution in [1.29, 1.82) is 0 Å². The molecule has 1 saturated heterocycles. The average Bonchev–Trinajstić information content (AvgIpc) is 3.22. The zero-order valence-corrected chi connectivity index (χ0v) is 16.1. The molecule has 0 spiro atoms. The summed E-state index contributed by atoms with van der Waals surface area (Å²) in [5.74, 6) is 1.30. The number of ether oxygens (including phenoxy) is 3. The van der Waals surface area contributed by atoms with Crippen LogP contribution in [0, 0.1) is 0 Å². The molecule has 146 valence electrons. The Morgan fingerprint density at radius 3 is 2.68 bits per heavy atom. The van der Waals surface area contributed by atoms with Crippen molar-refractivity contribution < 1.29 is 19.0 Å². The molecule has 2 aliphatic heterocycles. The standard InChI is InChI=1S/C22H24N2O4/c1-22(13-21(25)24(23-15-22)17-6-4-3-5-7-17)16-8-9-19(26-2)20(12-16)28-18-10-11-27-14-18/h3-9,12,15,18H,10-11,13-14H2,1-2H3. The van der Waals surface area contributed by atoms with Crippen LogP contribution in [-0.4, -0.2) is 38.5 Å². The van der Waals surface area contributed by atoms with Crippen molar-refractivity contribution in [2.24, 2.45) is 5.10 Å². The molecule has 6 nitrogen and oxygen atoms in total. The lowest BCUT2D eigenvalue weighted by molar-refractivity contribution is -0.119. The number of methoxy groups -OCH3 is 1. The second-order valence-electron chi connectivity index (χ2n) is 7.35. The lowest BCUT2D eigenvalue weighted by Gasteiger charge is -2.33. The third kappa shape index (κ3) is 3.60. The van der Waals surface area contributed by atoms with Gasteiger partial charge in [-0.15, -0.1) is 0 Å². The molecule has 2 atom stereocenters. The first-order chi connectivity index (χ1) is 13.6. The fourth-order valence-electron chi connectivity index (χ4n) is 3.55. The molecule has 0 saturated carbocycles. The number of carbonyl (C=O) groups excluding carboxylic acids is 1. The monoisotopic (exact) mass is 380 g/mol. The predicted octanol–water partition coefficient (Wildman–Crippen LogP) is 3.54. The second kappa shape index (κ2) is 7.64. The number of amides is 1. The smallest absolute Gasteiger partial charge is 0.248 e. The van der Waals surface area contributed by atoms with E-state index in [4.69, 9.17) is 14.2 Å². The summed E-state index contributed by atoms with van der Waals surface area (Å²) in [5, 5.41) is 5.91. The van der Waals surface area contributed by atoms with Crippen molar-refractivity contribution in [2.75, 3.05) is 25.3 Å². The highest BCUT2D eigenvalue weighted by atomic mass is 16.6. The number of rotatable bonds is 5. The first-order valence-corrected chi connectivity index (χ1v) is 9.45. The zero-order chi connectivity index (χ0) is 19.6. The molecule has 0 radical (unpaired) electrons. The van der Waals surface area contributed by atoms with Crippen LogP contribution in [0.1, 0.15) is 25.3 Å². The summed E-state index contributed by atoms with van der Waals surface area (Å²) in [7, 11) is 1.62. The maximum absolute atomic E-state index is 12.8. The fraction of sp³-hybridized carbons (Fsp3) is 0.364. The number of hydrogen-bond donors (Lipinski definition) is 0. The summed E-state index contributed by atoms with van der Waals surface area (Å²) in [6, 6.07) is 15.3. The Hall–Kier alpha value is -2.86. The molecule has 1 fully saturated rings. The van der Waals surface area contributed by atoms with Gasteiger partial charge in [-0.05, 0) is 36.8 Å². The molecule has 6 heteroatoms. The fourth-order valence-corrected chi connectivity index (χ4v) is 3.55. The molecule has 2 unspecified atom stereocenters. The van der Waals surface area contributed by atoms with Gasteiger partial charge < -0.3 is 14.2 Å².